The fourth-order valence-electron chi connectivity index (χ4n) is 5.35. The van der Waals surface area contributed by atoms with Gasteiger partial charge in [-0.25, -0.2) is 8.42 Å². The number of ether oxygens (including phenoxy) is 2. The lowest BCUT2D eigenvalue weighted by Crippen LogP contribution is -2.53. The molecule has 0 unspecified atom stereocenters. The van der Waals surface area contributed by atoms with Gasteiger partial charge in [0.15, 0.2) is 11.5 Å². The number of hydrogen-bond donors (Lipinski definition) is 1. The quantitative estimate of drug-likeness (QED) is 0.150. The van der Waals surface area contributed by atoms with Crippen LogP contribution in [0.15, 0.2) is 102 Å². The molecule has 1 atom stereocenters. The van der Waals surface area contributed by atoms with Crippen LogP contribution in [0.2, 0.25) is 10.0 Å². The van der Waals surface area contributed by atoms with E-state index in [9.17, 15) is 18.0 Å². The second-order valence-electron chi connectivity index (χ2n) is 11.2. The van der Waals surface area contributed by atoms with Gasteiger partial charge in [-0.2, -0.15) is 0 Å². The van der Waals surface area contributed by atoms with Crippen LogP contribution in [0.4, 0.5) is 5.69 Å². The van der Waals surface area contributed by atoms with Crippen molar-refractivity contribution in [3.63, 3.8) is 0 Å². The fourth-order valence-corrected chi connectivity index (χ4v) is 7.29. The molecule has 4 aromatic carbocycles. The molecule has 0 aliphatic carbocycles. The maximum atomic E-state index is 14.7. The summed E-state index contributed by atoms with van der Waals surface area (Å²) in [5.74, 6) is -0.181. The van der Waals surface area contributed by atoms with E-state index in [1.165, 1.54) is 23.1 Å². The standard InChI is InChI=1S/C36H37Cl2N3O6S/c1-2-3-19-39-36(43)32(22-26-11-6-4-7-12-26)40(24-29-30(37)15-10-16-31(29)38)35(42)25-41(48(44,45)28-13-8-5-9-14-28)27-17-18-33-34(23-27)47-21-20-46-33/h4-18,23,32H,2-3,19-22,24-25H2,1H3,(H,39,43)/t32-/m0/s1. The van der Waals surface area contributed by atoms with Crippen LogP contribution in [0.5, 0.6) is 11.5 Å². The number of benzene rings is 4. The van der Waals surface area contributed by atoms with E-state index >= 15 is 0 Å². The number of carbonyl (C=O) groups is 2. The van der Waals surface area contributed by atoms with Crippen molar-refractivity contribution in [2.24, 2.45) is 0 Å². The van der Waals surface area contributed by atoms with Crippen LogP contribution in [0, 0.1) is 0 Å². The van der Waals surface area contributed by atoms with Gasteiger partial charge in [-0.15, -0.1) is 0 Å². The summed E-state index contributed by atoms with van der Waals surface area (Å²) in [4.78, 5) is 30.0. The van der Waals surface area contributed by atoms with Gasteiger partial charge in [0.05, 0.1) is 10.6 Å². The lowest BCUT2D eigenvalue weighted by Gasteiger charge is -2.34. The molecule has 12 heteroatoms. The maximum Gasteiger partial charge on any atom is 0.264 e. The molecule has 252 valence electrons. The first kappa shape index (κ1) is 35.1. The van der Waals surface area contributed by atoms with Crippen molar-refractivity contribution in [1.82, 2.24) is 10.2 Å². The van der Waals surface area contributed by atoms with E-state index in [4.69, 9.17) is 32.7 Å². The molecule has 1 aliphatic rings. The topological polar surface area (TPSA) is 105 Å². The van der Waals surface area contributed by atoms with Crippen molar-refractivity contribution in [1.29, 1.82) is 0 Å². The van der Waals surface area contributed by atoms with E-state index in [-0.39, 0.29) is 29.5 Å². The van der Waals surface area contributed by atoms with Gasteiger partial charge in [0.2, 0.25) is 11.8 Å². The Bertz CT molecular complexity index is 1810. The zero-order valence-corrected chi connectivity index (χ0v) is 28.8. The Hall–Kier alpha value is -4.25. The molecule has 5 rings (SSSR count). The second kappa shape index (κ2) is 16.2. The number of hydrogen-bond acceptors (Lipinski definition) is 6. The molecule has 1 heterocycles. The number of amides is 2. The Balaban J connectivity index is 1.60. The summed E-state index contributed by atoms with van der Waals surface area (Å²) in [5, 5.41) is 3.59. The maximum absolute atomic E-state index is 14.7. The van der Waals surface area contributed by atoms with Crippen LogP contribution in [-0.2, 0) is 32.6 Å². The lowest BCUT2D eigenvalue weighted by atomic mass is 10.0. The van der Waals surface area contributed by atoms with E-state index in [2.05, 4.69) is 5.32 Å². The zero-order valence-electron chi connectivity index (χ0n) is 26.5. The first-order chi connectivity index (χ1) is 23.2. The summed E-state index contributed by atoms with van der Waals surface area (Å²) in [6.45, 7) is 2.31. The van der Waals surface area contributed by atoms with E-state index < -0.39 is 28.5 Å². The van der Waals surface area contributed by atoms with E-state index in [1.807, 2.05) is 37.3 Å². The zero-order chi connectivity index (χ0) is 34.1. The van der Waals surface area contributed by atoms with Gasteiger partial charge in [0.1, 0.15) is 25.8 Å². The highest BCUT2D eigenvalue weighted by Gasteiger charge is 2.35. The number of anilines is 1. The fraction of sp³-hybridized carbons (Fsp3) is 0.278. The third-order valence-corrected chi connectivity index (χ3v) is 10.4. The van der Waals surface area contributed by atoms with E-state index in [0.717, 1.165) is 22.7 Å². The molecule has 0 fully saturated rings. The molecule has 1 N–H and O–H groups in total. The molecular formula is C36H37Cl2N3O6S. The first-order valence-electron chi connectivity index (χ1n) is 15.7. The molecular weight excluding hydrogens is 673 g/mol. The number of fused-ring (bicyclic) bond motifs is 1. The second-order valence-corrected chi connectivity index (χ2v) is 13.9. The van der Waals surface area contributed by atoms with E-state index in [1.54, 1.807) is 48.5 Å². The lowest BCUT2D eigenvalue weighted by molar-refractivity contribution is -0.140. The van der Waals surface area contributed by atoms with Crippen LogP contribution in [0.25, 0.3) is 0 Å². The van der Waals surface area contributed by atoms with Crippen molar-refractivity contribution in [2.45, 2.75) is 43.7 Å². The smallest absolute Gasteiger partial charge is 0.264 e. The third kappa shape index (κ3) is 8.42. The van der Waals surface area contributed by atoms with Crippen molar-refractivity contribution >= 4 is 50.7 Å². The number of nitrogens with one attached hydrogen (secondary N) is 1. The molecule has 0 saturated heterocycles. The van der Waals surface area contributed by atoms with Crippen molar-refractivity contribution < 1.29 is 27.5 Å². The van der Waals surface area contributed by atoms with Gasteiger partial charge in [-0.05, 0) is 48.4 Å². The summed E-state index contributed by atoms with van der Waals surface area (Å²) in [6, 6.07) is 25.9. The van der Waals surface area contributed by atoms with Crippen molar-refractivity contribution in [3.8, 4) is 11.5 Å². The van der Waals surface area contributed by atoms with Gasteiger partial charge in [0.25, 0.3) is 10.0 Å². The van der Waals surface area contributed by atoms with Crippen LogP contribution in [0.3, 0.4) is 0 Å². The molecule has 2 amide bonds. The number of nitrogens with zero attached hydrogens (tertiary/aromatic N) is 2. The summed E-state index contributed by atoms with van der Waals surface area (Å²) >= 11 is 13.2. The molecule has 0 aromatic heterocycles. The summed E-state index contributed by atoms with van der Waals surface area (Å²) in [6.07, 6.45) is 1.78. The van der Waals surface area contributed by atoms with Crippen molar-refractivity contribution in [2.75, 3.05) is 30.6 Å². The minimum atomic E-state index is -4.28. The molecule has 0 spiro atoms. The molecule has 0 radical (unpaired) electrons. The third-order valence-electron chi connectivity index (χ3n) is 7.91. The first-order valence-corrected chi connectivity index (χ1v) is 17.9. The molecule has 0 bridgehead atoms. The SMILES string of the molecule is CCCCNC(=O)[C@H](Cc1ccccc1)N(Cc1c(Cl)cccc1Cl)C(=O)CN(c1ccc2c(c1)OCCO2)S(=O)(=O)c1ccccc1. The number of rotatable bonds is 14. The predicted octanol–water partition coefficient (Wildman–Crippen LogP) is 6.52. The molecule has 0 saturated carbocycles. The van der Waals surface area contributed by atoms with E-state index in [0.29, 0.717) is 46.9 Å². The predicted molar refractivity (Wildman–Crippen MR) is 187 cm³/mol. The molecule has 4 aromatic rings. The molecule has 9 nitrogen and oxygen atoms in total. The minimum absolute atomic E-state index is 0.00784. The average molecular weight is 711 g/mol. The minimum Gasteiger partial charge on any atom is -0.486 e. The van der Waals surface area contributed by atoms with Crippen LogP contribution in [-0.4, -0.2) is 57.5 Å². The summed E-state index contributed by atoms with van der Waals surface area (Å²) in [5.41, 5.74) is 1.45. The Morgan fingerprint density at radius 1 is 0.854 bits per heavy atom. The van der Waals surface area contributed by atoms with Gasteiger partial charge >= 0.3 is 0 Å². The Morgan fingerprint density at radius 2 is 1.50 bits per heavy atom. The highest BCUT2D eigenvalue weighted by atomic mass is 35.5. The highest BCUT2D eigenvalue weighted by Crippen LogP contribution is 2.36. The monoisotopic (exact) mass is 709 g/mol. The van der Waals surface area contributed by atoms with Gasteiger partial charge in [-0.3, -0.25) is 13.9 Å². The number of halogens is 2. The number of carbonyl (C=O) groups excluding carboxylic acids is 2. The number of unbranched alkanes of at least 4 members (excludes halogenated alkanes) is 1. The average Bonchev–Trinajstić information content (AvgIpc) is 3.10. The van der Waals surface area contributed by atoms with Crippen LogP contribution >= 0.6 is 23.2 Å². The van der Waals surface area contributed by atoms with Gasteiger partial charge < -0.3 is 19.7 Å². The van der Waals surface area contributed by atoms with Gasteiger partial charge in [0, 0.05) is 41.2 Å². The largest absolute Gasteiger partial charge is 0.486 e. The van der Waals surface area contributed by atoms with Crippen LogP contribution in [0.1, 0.15) is 30.9 Å². The summed E-state index contributed by atoms with van der Waals surface area (Å²) in [7, 11) is -4.28. The Morgan fingerprint density at radius 3 is 2.17 bits per heavy atom. The Labute approximate surface area is 291 Å². The summed E-state index contributed by atoms with van der Waals surface area (Å²) < 4.78 is 40.9. The van der Waals surface area contributed by atoms with Gasteiger partial charge in [-0.1, -0.05) is 91.1 Å². The molecule has 1 aliphatic heterocycles. The molecule has 48 heavy (non-hydrogen) atoms. The van der Waals surface area contributed by atoms with Crippen molar-refractivity contribution in [3.05, 3.63) is 118 Å². The highest BCUT2D eigenvalue weighted by molar-refractivity contribution is 7.92. The number of sulfonamides is 1. The Kier molecular flexibility index (Phi) is 11.9. The normalized spacial score (nSPS) is 13.0. The van der Waals surface area contributed by atoms with Crippen LogP contribution < -0.4 is 19.1 Å².